The molecule has 0 saturated heterocycles. The van der Waals surface area contributed by atoms with Crippen molar-refractivity contribution in [3.05, 3.63) is 59.9 Å². The molecule has 0 radical (unpaired) electrons. The number of pyridine rings is 1. The molecule has 1 N–H and O–H groups in total. The minimum atomic E-state index is -4.40. The highest BCUT2D eigenvalue weighted by atomic mass is 19.4. The summed E-state index contributed by atoms with van der Waals surface area (Å²) < 4.78 is 37.3. The first-order chi connectivity index (χ1) is 9.50. The topological polar surface area (TPSA) is 24.9 Å². The molecule has 1 aromatic carbocycles. The number of hydrogen-bond donors (Lipinski definition) is 1. The van der Waals surface area contributed by atoms with Crippen molar-refractivity contribution >= 4 is 5.69 Å². The standard InChI is InChI=1S/C15H15F3N2/c1-2-13(11-6-4-3-5-7-11)20-12-8-9-14(19-10-12)15(16,17)18/h3-10,13,20H,2H2,1H3. The zero-order chi connectivity index (χ0) is 14.6. The third kappa shape index (κ3) is 3.50. The van der Waals surface area contributed by atoms with Crippen LogP contribution in [0.4, 0.5) is 18.9 Å². The lowest BCUT2D eigenvalue weighted by Crippen LogP contribution is -2.11. The molecular weight excluding hydrogens is 265 g/mol. The van der Waals surface area contributed by atoms with Gasteiger partial charge in [0.2, 0.25) is 0 Å². The Bertz CT molecular complexity index is 535. The molecule has 1 unspecified atom stereocenters. The summed E-state index contributed by atoms with van der Waals surface area (Å²) in [7, 11) is 0. The van der Waals surface area contributed by atoms with Gasteiger partial charge in [-0.1, -0.05) is 37.3 Å². The van der Waals surface area contributed by atoms with Crippen LogP contribution in [0.2, 0.25) is 0 Å². The number of aromatic nitrogens is 1. The summed E-state index contributed by atoms with van der Waals surface area (Å²) in [5.41, 5.74) is 0.791. The second kappa shape index (κ2) is 5.94. The Labute approximate surface area is 115 Å². The van der Waals surface area contributed by atoms with E-state index in [2.05, 4.69) is 10.3 Å². The second-order valence-corrected chi connectivity index (χ2v) is 4.45. The molecular formula is C15H15F3N2. The Morgan fingerprint density at radius 1 is 1.10 bits per heavy atom. The Kier molecular flexibility index (Phi) is 4.27. The van der Waals surface area contributed by atoms with Crippen molar-refractivity contribution in [3.8, 4) is 0 Å². The number of nitrogens with one attached hydrogen (secondary N) is 1. The molecule has 2 aromatic rings. The first-order valence-electron chi connectivity index (χ1n) is 6.35. The summed E-state index contributed by atoms with van der Waals surface area (Å²) in [5, 5.41) is 3.19. The van der Waals surface area contributed by atoms with Crippen molar-refractivity contribution in [2.75, 3.05) is 5.32 Å². The highest BCUT2D eigenvalue weighted by Crippen LogP contribution is 2.28. The maximum absolute atomic E-state index is 12.4. The van der Waals surface area contributed by atoms with Crippen LogP contribution in [0, 0.1) is 0 Å². The summed E-state index contributed by atoms with van der Waals surface area (Å²) in [6.07, 6.45) is -2.36. The van der Waals surface area contributed by atoms with Crippen LogP contribution in [0.25, 0.3) is 0 Å². The summed E-state index contributed by atoms with van der Waals surface area (Å²) >= 11 is 0. The Balaban J connectivity index is 2.13. The summed E-state index contributed by atoms with van der Waals surface area (Å²) in [5.74, 6) is 0. The quantitative estimate of drug-likeness (QED) is 0.880. The molecule has 2 rings (SSSR count). The van der Waals surface area contributed by atoms with Crippen molar-refractivity contribution in [2.24, 2.45) is 0 Å². The maximum Gasteiger partial charge on any atom is 0.433 e. The first kappa shape index (κ1) is 14.4. The smallest absolute Gasteiger partial charge is 0.377 e. The van der Waals surface area contributed by atoms with Crippen LogP contribution < -0.4 is 5.32 Å². The third-order valence-electron chi connectivity index (χ3n) is 3.01. The molecule has 0 aliphatic heterocycles. The van der Waals surface area contributed by atoms with Gasteiger partial charge in [0.25, 0.3) is 0 Å². The van der Waals surface area contributed by atoms with E-state index in [1.165, 1.54) is 12.3 Å². The molecule has 0 fully saturated rings. The number of hydrogen-bond acceptors (Lipinski definition) is 2. The van der Waals surface area contributed by atoms with Crippen molar-refractivity contribution in [1.82, 2.24) is 4.98 Å². The van der Waals surface area contributed by atoms with Gasteiger partial charge in [-0.25, -0.2) is 4.98 Å². The zero-order valence-electron chi connectivity index (χ0n) is 11.0. The monoisotopic (exact) mass is 280 g/mol. The van der Waals surface area contributed by atoms with Crippen molar-refractivity contribution in [2.45, 2.75) is 25.6 Å². The van der Waals surface area contributed by atoms with Crippen molar-refractivity contribution in [1.29, 1.82) is 0 Å². The zero-order valence-corrected chi connectivity index (χ0v) is 11.0. The second-order valence-electron chi connectivity index (χ2n) is 4.45. The average Bonchev–Trinajstić information content (AvgIpc) is 2.45. The number of halogens is 3. The molecule has 20 heavy (non-hydrogen) atoms. The van der Waals surface area contributed by atoms with Crippen LogP contribution in [-0.4, -0.2) is 4.98 Å². The predicted molar refractivity (Wildman–Crippen MR) is 72.3 cm³/mol. The third-order valence-corrected chi connectivity index (χ3v) is 3.01. The predicted octanol–water partition coefficient (Wildman–Crippen LogP) is 4.66. The summed E-state index contributed by atoms with van der Waals surface area (Å²) in [6, 6.07) is 12.2. The lowest BCUT2D eigenvalue weighted by Gasteiger charge is -2.18. The van der Waals surface area contributed by atoms with Crippen LogP contribution in [-0.2, 0) is 6.18 Å². The number of benzene rings is 1. The fourth-order valence-electron chi connectivity index (χ4n) is 1.95. The van der Waals surface area contributed by atoms with Crippen molar-refractivity contribution in [3.63, 3.8) is 0 Å². The SMILES string of the molecule is CCC(Nc1ccc(C(F)(F)F)nc1)c1ccccc1. The molecule has 5 heteroatoms. The fourth-order valence-corrected chi connectivity index (χ4v) is 1.95. The molecule has 0 bridgehead atoms. The molecule has 0 saturated carbocycles. The number of alkyl halides is 3. The van der Waals surface area contributed by atoms with E-state index in [-0.39, 0.29) is 6.04 Å². The Hall–Kier alpha value is -2.04. The van der Waals surface area contributed by atoms with E-state index >= 15 is 0 Å². The number of nitrogens with zero attached hydrogens (tertiary/aromatic N) is 1. The first-order valence-corrected chi connectivity index (χ1v) is 6.35. The molecule has 2 nitrogen and oxygen atoms in total. The lowest BCUT2D eigenvalue weighted by molar-refractivity contribution is -0.141. The van der Waals surface area contributed by atoms with Crippen LogP contribution in [0.1, 0.15) is 30.6 Å². The van der Waals surface area contributed by atoms with Crippen LogP contribution in [0.5, 0.6) is 0 Å². The van der Waals surface area contributed by atoms with Gasteiger partial charge in [0, 0.05) is 0 Å². The molecule has 1 atom stereocenters. The Morgan fingerprint density at radius 2 is 1.80 bits per heavy atom. The van der Waals surface area contributed by atoms with Gasteiger partial charge in [-0.05, 0) is 24.1 Å². The highest BCUT2D eigenvalue weighted by Gasteiger charge is 2.32. The summed E-state index contributed by atoms with van der Waals surface area (Å²) in [4.78, 5) is 3.44. The molecule has 0 spiro atoms. The van der Waals surface area contributed by atoms with Crippen LogP contribution in [0.3, 0.4) is 0 Å². The maximum atomic E-state index is 12.4. The van der Waals surface area contributed by atoms with Gasteiger partial charge in [-0.15, -0.1) is 0 Å². The van der Waals surface area contributed by atoms with Gasteiger partial charge < -0.3 is 5.32 Å². The van der Waals surface area contributed by atoms with Crippen molar-refractivity contribution < 1.29 is 13.2 Å². The molecule has 1 aromatic heterocycles. The lowest BCUT2D eigenvalue weighted by atomic mass is 10.0. The fraction of sp³-hybridized carbons (Fsp3) is 0.267. The molecule has 106 valence electrons. The highest BCUT2D eigenvalue weighted by molar-refractivity contribution is 5.44. The van der Waals surface area contributed by atoms with E-state index in [9.17, 15) is 13.2 Å². The van der Waals surface area contributed by atoms with E-state index in [1.54, 1.807) is 0 Å². The van der Waals surface area contributed by atoms with E-state index < -0.39 is 11.9 Å². The molecule has 0 amide bonds. The Morgan fingerprint density at radius 3 is 2.30 bits per heavy atom. The van der Waals surface area contributed by atoms with Gasteiger partial charge >= 0.3 is 6.18 Å². The molecule has 1 heterocycles. The van der Waals surface area contributed by atoms with Gasteiger partial charge in [0.15, 0.2) is 0 Å². The minimum absolute atomic E-state index is 0.0507. The van der Waals surface area contributed by atoms with Gasteiger partial charge in [-0.2, -0.15) is 13.2 Å². The summed E-state index contributed by atoms with van der Waals surface area (Å²) in [6.45, 7) is 2.02. The van der Waals surface area contributed by atoms with E-state index in [0.29, 0.717) is 5.69 Å². The van der Waals surface area contributed by atoms with E-state index in [4.69, 9.17) is 0 Å². The molecule has 0 aliphatic rings. The molecule has 0 aliphatic carbocycles. The normalized spacial score (nSPS) is 13.0. The van der Waals surface area contributed by atoms with Crippen LogP contribution in [0.15, 0.2) is 48.7 Å². The number of rotatable bonds is 4. The number of anilines is 1. The van der Waals surface area contributed by atoms with Crippen LogP contribution >= 0.6 is 0 Å². The van der Waals surface area contributed by atoms with Gasteiger partial charge in [0.05, 0.1) is 17.9 Å². The van der Waals surface area contributed by atoms with Gasteiger partial charge in [0.1, 0.15) is 5.69 Å². The average molecular weight is 280 g/mol. The van der Waals surface area contributed by atoms with E-state index in [0.717, 1.165) is 18.1 Å². The minimum Gasteiger partial charge on any atom is -0.377 e. The van der Waals surface area contributed by atoms with E-state index in [1.807, 2.05) is 37.3 Å². The largest absolute Gasteiger partial charge is 0.433 e. The van der Waals surface area contributed by atoms with Gasteiger partial charge in [-0.3, -0.25) is 0 Å².